The molecule has 0 saturated carbocycles. The van der Waals surface area contributed by atoms with Crippen LogP contribution in [-0.2, 0) is 11.2 Å². The van der Waals surface area contributed by atoms with Crippen LogP contribution in [0.1, 0.15) is 12.5 Å². The lowest BCUT2D eigenvalue weighted by Crippen LogP contribution is -2.40. The predicted molar refractivity (Wildman–Crippen MR) is 51.8 cm³/mol. The summed E-state index contributed by atoms with van der Waals surface area (Å²) >= 11 is 0. The highest BCUT2D eigenvalue weighted by atomic mass is 16.5. The summed E-state index contributed by atoms with van der Waals surface area (Å²) in [6.45, 7) is 3.75. The van der Waals surface area contributed by atoms with Crippen LogP contribution in [0.3, 0.4) is 0 Å². The predicted octanol–water partition coefficient (Wildman–Crippen LogP) is 1.45. The molecule has 1 aromatic rings. The summed E-state index contributed by atoms with van der Waals surface area (Å²) < 4.78 is 5.07. The molecule has 0 aliphatic carbocycles. The Morgan fingerprint density at radius 1 is 1.62 bits per heavy atom. The molecule has 0 spiro atoms. The van der Waals surface area contributed by atoms with Crippen LogP contribution in [0.4, 0.5) is 5.82 Å². The van der Waals surface area contributed by atoms with Crippen molar-refractivity contribution in [1.29, 1.82) is 0 Å². The zero-order valence-electron chi connectivity index (χ0n) is 7.79. The summed E-state index contributed by atoms with van der Waals surface area (Å²) in [6.07, 6.45) is 2.90. The Morgan fingerprint density at radius 2 is 2.46 bits per heavy atom. The maximum absolute atomic E-state index is 5.07. The van der Waals surface area contributed by atoms with Crippen molar-refractivity contribution in [3.63, 3.8) is 0 Å². The Labute approximate surface area is 78.1 Å². The van der Waals surface area contributed by atoms with Crippen molar-refractivity contribution in [3.8, 4) is 0 Å². The van der Waals surface area contributed by atoms with Crippen LogP contribution >= 0.6 is 0 Å². The van der Waals surface area contributed by atoms with Crippen LogP contribution in [0.25, 0.3) is 0 Å². The molecule has 2 rings (SSSR count). The minimum absolute atomic E-state index is 0.458. The van der Waals surface area contributed by atoms with Crippen LogP contribution < -0.4 is 5.32 Å². The van der Waals surface area contributed by atoms with E-state index in [2.05, 4.69) is 23.3 Å². The van der Waals surface area contributed by atoms with Gasteiger partial charge in [-0.15, -0.1) is 0 Å². The van der Waals surface area contributed by atoms with Crippen molar-refractivity contribution in [1.82, 2.24) is 4.98 Å². The average Bonchev–Trinajstić information content (AvgIpc) is 2.12. The fraction of sp³-hybridized carbons (Fsp3) is 0.500. The lowest BCUT2D eigenvalue weighted by atomic mass is 10.2. The van der Waals surface area contributed by atoms with Gasteiger partial charge in [-0.05, 0) is 24.1 Å². The van der Waals surface area contributed by atoms with E-state index in [1.165, 1.54) is 5.56 Å². The number of nitrogens with zero attached hydrogens (tertiary/aromatic N) is 1. The maximum Gasteiger partial charge on any atom is 0.126 e. The molecule has 1 aromatic heterocycles. The van der Waals surface area contributed by atoms with Gasteiger partial charge in [0, 0.05) is 6.20 Å². The SMILES string of the molecule is CCc1ccnc(NC2COC2)c1. The van der Waals surface area contributed by atoms with Crippen molar-refractivity contribution in [3.05, 3.63) is 23.9 Å². The van der Waals surface area contributed by atoms with E-state index in [-0.39, 0.29) is 0 Å². The molecule has 1 saturated heterocycles. The molecule has 70 valence electrons. The maximum atomic E-state index is 5.07. The minimum Gasteiger partial charge on any atom is -0.377 e. The second-order valence-corrected chi connectivity index (χ2v) is 3.28. The molecule has 0 radical (unpaired) electrons. The number of nitrogens with one attached hydrogen (secondary N) is 1. The van der Waals surface area contributed by atoms with Crippen molar-refractivity contribution in [2.45, 2.75) is 19.4 Å². The van der Waals surface area contributed by atoms with Gasteiger partial charge < -0.3 is 10.1 Å². The Morgan fingerprint density at radius 3 is 3.08 bits per heavy atom. The smallest absolute Gasteiger partial charge is 0.126 e. The molecule has 1 fully saturated rings. The molecule has 1 N–H and O–H groups in total. The molecule has 0 aromatic carbocycles. The number of hydrogen-bond donors (Lipinski definition) is 1. The van der Waals surface area contributed by atoms with Crippen LogP contribution in [0.5, 0.6) is 0 Å². The lowest BCUT2D eigenvalue weighted by Gasteiger charge is -2.27. The number of ether oxygens (including phenoxy) is 1. The van der Waals surface area contributed by atoms with Crippen LogP contribution in [0.15, 0.2) is 18.3 Å². The first kappa shape index (κ1) is 8.51. The van der Waals surface area contributed by atoms with Gasteiger partial charge in [-0.2, -0.15) is 0 Å². The second kappa shape index (κ2) is 3.75. The third kappa shape index (κ3) is 1.98. The topological polar surface area (TPSA) is 34.2 Å². The molecular weight excluding hydrogens is 164 g/mol. The second-order valence-electron chi connectivity index (χ2n) is 3.28. The normalized spacial score (nSPS) is 16.7. The van der Waals surface area contributed by atoms with Crippen molar-refractivity contribution in [2.24, 2.45) is 0 Å². The summed E-state index contributed by atoms with van der Waals surface area (Å²) in [5.74, 6) is 0.965. The van der Waals surface area contributed by atoms with Gasteiger partial charge in [0.1, 0.15) is 5.82 Å². The highest BCUT2D eigenvalue weighted by Crippen LogP contribution is 2.11. The first-order valence-electron chi connectivity index (χ1n) is 4.67. The minimum atomic E-state index is 0.458. The van der Waals surface area contributed by atoms with Crippen molar-refractivity contribution < 1.29 is 4.74 Å². The van der Waals surface area contributed by atoms with E-state index in [4.69, 9.17) is 4.74 Å². The summed E-state index contributed by atoms with van der Waals surface area (Å²) in [7, 11) is 0. The van der Waals surface area contributed by atoms with E-state index < -0.39 is 0 Å². The number of rotatable bonds is 3. The molecule has 13 heavy (non-hydrogen) atoms. The molecule has 3 heteroatoms. The zero-order chi connectivity index (χ0) is 9.10. The highest BCUT2D eigenvalue weighted by Gasteiger charge is 2.17. The molecule has 3 nitrogen and oxygen atoms in total. The first-order valence-corrected chi connectivity index (χ1v) is 4.67. The molecule has 0 unspecified atom stereocenters. The van der Waals surface area contributed by atoms with Gasteiger partial charge >= 0.3 is 0 Å². The van der Waals surface area contributed by atoms with Gasteiger partial charge in [-0.25, -0.2) is 4.98 Å². The fourth-order valence-electron chi connectivity index (χ4n) is 1.30. The monoisotopic (exact) mass is 178 g/mol. The molecule has 0 atom stereocenters. The molecule has 1 aliphatic heterocycles. The first-order chi connectivity index (χ1) is 6.38. The van der Waals surface area contributed by atoms with E-state index in [0.29, 0.717) is 6.04 Å². The zero-order valence-corrected chi connectivity index (χ0v) is 7.79. The van der Waals surface area contributed by atoms with Crippen molar-refractivity contribution >= 4 is 5.82 Å². The average molecular weight is 178 g/mol. The van der Waals surface area contributed by atoms with E-state index in [9.17, 15) is 0 Å². The highest BCUT2D eigenvalue weighted by molar-refractivity contribution is 5.38. The number of pyridine rings is 1. The summed E-state index contributed by atoms with van der Waals surface area (Å²) in [4.78, 5) is 4.24. The lowest BCUT2D eigenvalue weighted by molar-refractivity contribution is 0.0209. The molecule has 0 bridgehead atoms. The van der Waals surface area contributed by atoms with Gasteiger partial charge in [0.25, 0.3) is 0 Å². The molecule has 0 amide bonds. The van der Waals surface area contributed by atoms with Gasteiger partial charge in [-0.3, -0.25) is 0 Å². The van der Waals surface area contributed by atoms with E-state index in [1.54, 1.807) is 0 Å². The number of aromatic nitrogens is 1. The van der Waals surface area contributed by atoms with Gasteiger partial charge in [0.15, 0.2) is 0 Å². The van der Waals surface area contributed by atoms with Crippen LogP contribution in [0.2, 0.25) is 0 Å². The molecular formula is C10H14N2O. The van der Waals surface area contributed by atoms with Gasteiger partial charge in [-0.1, -0.05) is 6.92 Å². The Kier molecular flexibility index (Phi) is 2.45. The summed E-state index contributed by atoms with van der Waals surface area (Å²) in [6, 6.07) is 4.60. The van der Waals surface area contributed by atoms with Gasteiger partial charge in [0.05, 0.1) is 19.3 Å². The Bertz CT molecular complexity index is 284. The third-order valence-corrected chi connectivity index (χ3v) is 2.22. The van der Waals surface area contributed by atoms with Crippen LogP contribution in [-0.4, -0.2) is 24.2 Å². The molecule has 2 heterocycles. The number of anilines is 1. The molecule has 1 aliphatic rings. The number of aryl methyl sites for hydroxylation is 1. The fourth-order valence-corrected chi connectivity index (χ4v) is 1.30. The van der Waals surface area contributed by atoms with Gasteiger partial charge in [0.2, 0.25) is 0 Å². The summed E-state index contributed by atoms with van der Waals surface area (Å²) in [5.41, 5.74) is 1.32. The third-order valence-electron chi connectivity index (χ3n) is 2.22. The Hall–Kier alpha value is -1.09. The van der Waals surface area contributed by atoms with Crippen LogP contribution in [0, 0.1) is 0 Å². The number of hydrogen-bond acceptors (Lipinski definition) is 3. The quantitative estimate of drug-likeness (QED) is 0.760. The Balaban J connectivity index is 2.01. The van der Waals surface area contributed by atoms with E-state index in [0.717, 1.165) is 25.5 Å². The largest absolute Gasteiger partial charge is 0.377 e. The van der Waals surface area contributed by atoms with E-state index in [1.807, 2.05) is 12.3 Å². The standard InChI is InChI=1S/C10H14N2O/c1-2-8-3-4-11-10(5-8)12-9-6-13-7-9/h3-5,9H,2,6-7H2,1H3,(H,11,12). The van der Waals surface area contributed by atoms with E-state index >= 15 is 0 Å². The summed E-state index contributed by atoms with van der Waals surface area (Å²) in [5, 5.41) is 3.32. The van der Waals surface area contributed by atoms with Crippen molar-refractivity contribution in [2.75, 3.05) is 18.5 Å².